The van der Waals surface area contributed by atoms with Gasteiger partial charge in [0.25, 0.3) is 5.22 Å². The molecule has 0 spiro atoms. The second kappa shape index (κ2) is 5.65. The average molecular weight is 269 g/mol. The van der Waals surface area contributed by atoms with Crippen LogP contribution in [0.5, 0.6) is 0 Å². The van der Waals surface area contributed by atoms with Crippen LogP contribution in [0.15, 0.2) is 20.2 Å². The van der Waals surface area contributed by atoms with Crippen LogP contribution in [0.2, 0.25) is 0 Å². The lowest BCUT2D eigenvalue weighted by molar-refractivity contribution is -0.113. The van der Waals surface area contributed by atoms with Crippen LogP contribution in [0, 0.1) is 6.92 Å². The van der Waals surface area contributed by atoms with E-state index >= 15 is 0 Å². The first-order valence-electron chi connectivity index (χ1n) is 5.06. The van der Waals surface area contributed by atoms with Gasteiger partial charge in [0.05, 0.1) is 18.0 Å². The van der Waals surface area contributed by atoms with Crippen molar-refractivity contribution in [1.82, 2.24) is 15.4 Å². The van der Waals surface area contributed by atoms with Crippen molar-refractivity contribution in [1.29, 1.82) is 0 Å². The summed E-state index contributed by atoms with van der Waals surface area (Å²) in [5, 5.41) is 13.9. The fourth-order valence-electron chi connectivity index (χ4n) is 1.10. The molecule has 0 bridgehead atoms. The van der Waals surface area contributed by atoms with Crippen molar-refractivity contribution < 1.29 is 13.7 Å². The number of nitrogens with one attached hydrogen (secondary N) is 1. The summed E-state index contributed by atoms with van der Waals surface area (Å²) in [7, 11) is 0. The van der Waals surface area contributed by atoms with Crippen LogP contribution in [0.4, 0.5) is 5.88 Å². The highest BCUT2D eigenvalue weighted by Crippen LogP contribution is 2.16. The Labute approximate surface area is 106 Å². The van der Waals surface area contributed by atoms with Crippen molar-refractivity contribution in [3.63, 3.8) is 0 Å². The van der Waals surface area contributed by atoms with Gasteiger partial charge >= 0.3 is 0 Å². The van der Waals surface area contributed by atoms with Gasteiger partial charge < -0.3 is 14.7 Å². The molecule has 0 atom stereocenters. The summed E-state index contributed by atoms with van der Waals surface area (Å²) in [4.78, 5) is 11.5. The highest BCUT2D eigenvalue weighted by Gasteiger charge is 2.10. The zero-order valence-electron chi connectivity index (χ0n) is 9.54. The van der Waals surface area contributed by atoms with E-state index in [4.69, 9.17) is 14.7 Å². The van der Waals surface area contributed by atoms with Crippen LogP contribution < -0.4 is 11.1 Å². The molecule has 2 aromatic heterocycles. The number of aryl methyl sites for hydroxylation is 1. The predicted molar refractivity (Wildman–Crippen MR) is 62.8 cm³/mol. The standard InChI is InChI=1S/C9H11N5O3S/c1-5-2-7(17-14-5)11-6(15)4-18-9-13-12-8(3-10)16-9/h2H,3-4,10H2,1H3,(H,11,15). The van der Waals surface area contributed by atoms with Gasteiger partial charge in [0, 0.05) is 6.07 Å². The molecule has 1 amide bonds. The molecular formula is C9H11N5O3S. The van der Waals surface area contributed by atoms with Crippen LogP contribution in [0.3, 0.4) is 0 Å². The van der Waals surface area contributed by atoms with Crippen molar-refractivity contribution in [2.75, 3.05) is 11.1 Å². The van der Waals surface area contributed by atoms with Gasteiger partial charge in [-0.2, -0.15) is 0 Å². The van der Waals surface area contributed by atoms with Gasteiger partial charge in [-0.15, -0.1) is 10.2 Å². The molecule has 0 aliphatic rings. The third-order valence-electron chi connectivity index (χ3n) is 1.84. The molecule has 18 heavy (non-hydrogen) atoms. The molecule has 0 aliphatic heterocycles. The van der Waals surface area contributed by atoms with E-state index in [1.807, 2.05) is 0 Å². The van der Waals surface area contributed by atoms with E-state index in [-0.39, 0.29) is 18.2 Å². The largest absolute Gasteiger partial charge is 0.415 e. The molecule has 0 aromatic carbocycles. The van der Waals surface area contributed by atoms with E-state index in [0.717, 1.165) is 11.8 Å². The van der Waals surface area contributed by atoms with Crippen molar-refractivity contribution in [3.8, 4) is 0 Å². The minimum absolute atomic E-state index is 0.131. The quantitative estimate of drug-likeness (QED) is 0.755. The average Bonchev–Trinajstić information content (AvgIpc) is 2.95. The molecule has 2 aromatic rings. The molecule has 0 saturated carbocycles. The van der Waals surface area contributed by atoms with Crippen LogP contribution in [0.1, 0.15) is 11.6 Å². The number of hydrogen-bond acceptors (Lipinski definition) is 8. The van der Waals surface area contributed by atoms with Gasteiger partial charge in [-0.3, -0.25) is 10.1 Å². The maximum atomic E-state index is 11.5. The molecule has 96 valence electrons. The molecule has 0 unspecified atom stereocenters. The second-order valence-corrected chi connectivity index (χ2v) is 4.26. The number of hydrogen-bond donors (Lipinski definition) is 2. The fraction of sp³-hybridized carbons (Fsp3) is 0.333. The lowest BCUT2D eigenvalue weighted by atomic mass is 10.5. The molecule has 9 heteroatoms. The van der Waals surface area contributed by atoms with Crippen molar-refractivity contribution in [2.45, 2.75) is 18.7 Å². The SMILES string of the molecule is Cc1cc(NC(=O)CSc2nnc(CN)o2)on1. The molecule has 0 radical (unpaired) electrons. The number of nitrogens with two attached hydrogens (primary N) is 1. The van der Waals surface area contributed by atoms with Crippen molar-refractivity contribution >= 4 is 23.6 Å². The lowest BCUT2D eigenvalue weighted by Crippen LogP contribution is -2.13. The Kier molecular flexibility index (Phi) is 3.95. The number of nitrogens with zero attached hydrogens (tertiary/aromatic N) is 3. The molecule has 0 fully saturated rings. The molecular weight excluding hydrogens is 258 g/mol. The Balaban J connectivity index is 1.81. The number of anilines is 1. The fourth-order valence-corrected chi connectivity index (χ4v) is 1.68. The maximum Gasteiger partial charge on any atom is 0.277 e. The number of amides is 1. The van der Waals surface area contributed by atoms with E-state index in [1.54, 1.807) is 13.0 Å². The van der Waals surface area contributed by atoms with Crippen LogP contribution in [-0.4, -0.2) is 27.0 Å². The molecule has 0 aliphatic carbocycles. The first kappa shape index (κ1) is 12.6. The first-order chi connectivity index (χ1) is 8.67. The minimum Gasteiger partial charge on any atom is -0.415 e. The van der Waals surface area contributed by atoms with Gasteiger partial charge in [-0.05, 0) is 6.92 Å². The number of rotatable bonds is 5. The van der Waals surface area contributed by atoms with Gasteiger partial charge in [0.15, 0.2) is 0 Å². The lowest BCUT2D eigenvalue weighted by Gasteiger charge is -1.97. The summed E-state index contributed by atoms with van der Waals surface area (Å²) in [5.74, 6) is 0.532. The summed E-state index contributed by atoms with van der Waals surface area (Å²) < 4.78 is 9.99. The van der Waals surface area contributed by atoms with Gasteiger partial charge in [0.2, 0.25) is 17.7 Å². The first-order valence-corrected chi connectivity index (χ1v) is 6.04. The summed E-state index contributed by atoms with van der Waals surface area (Å²) in [6, 6.07) is 1.63. The molecule has 2 rings (SSSR count). The Morgan fingerprint density at radius 2 is 2.39 bits per heavy atom. The zero-order chi connectivity index (χ0) is 13.0. The second-order valence-electron chi connectivity index (χ2n) is 3.34. The van der Waals surface area contributed by atoms with E-state index in [0.29, 0.717) is 22.7 Å². The topological polar surface area (TPSA) is 120 Å². The molecule has 2 heterocycles. The van der Waals surface area contributed by atoms with E-state index < -0.39 is 0 Å². The highest BCUT2D eigenvalue weighted by atomic mass is 32.2. The Morgan fingerprint density at radius 1 is 1.56 bits per heavy atom. The molecule has 0 saturated heterocycles. The van der Waals surface area contributed by atoms with Gasteiger partial charge in [-0.1, -0.05) is 16.9 Å². The van der Waals surface area contributed by atoms with E-state index in [9.17, 15) is 4.79 Å². The predicted octanol–water partition coefficient (Wildman–Crippen LogP) is 0.556. The Hall–Kier alpha value is -1.87. The smallest absolute Gasteiger partial charge is 0.277 e. The Morgan fingerprint density at radius 3 is 3.00 bits per heavy atom. The van der Waals surface area contributed by atoms with Crippen molar-refractivity contribution in [2.24, 2.45) is 5.73 Å². The van der Waals surface area contributed by atoms with Crippen LogP contribution in [-0.2, 0) is 11.3 Å². The number of carbonyl (C=O) groups is 1. The summed E-state index contributed by atoms with van der Waals surface area (Å²) in [5.41, 5.74) is 6.02. The summed E-state index contributed by atoms with van der Waals surface area (Å²) in [6.45, 7) is 1.94. The Bertz CT molecular complexity index is 538. The normalized spacial score (nSPS) is 10.6. The highest BCUT2D eigenvalue weighted by molar-refractivity contribution is 7.99. The third kappa shape index (κ3) is 3.31. The van der Waals surface area contributed by atoms with E-state index in [2.05, 4.69) is 20.7 Å². The van der Waals surface area contributed by atoms with Gasteiger partial charge in [0.1, 0.15) is 0 Å². The van der Waals surface area contributed by atoms with Gasteiger partial charge in [-0.25, -0.2) is 0 Å². The maximum absolute atomic E-state index is 11.5. The number of carbonyl (C=O) groups excluding carboxylic acids is 1. The minimum atomic E-state index is -0.247. The van der Waals surface area contributed by atoms with Crippen molar-refractivity contribution in [3.05, 3.63) is 17.7 Å². The summed E-state index contributed by atoms with van der Waals surface area (Å²) in [6.07, 6.45) is 0. The van der Waals surface area contributed by atoms with Crippen LogP contribution >= 0.6 is 11.8 Å². The third-order valence-corrected chi connectivity index (χ3v) is 2.66. The zero-order valence-corrected chi connectivity index (χ0v) is 10.4. The van der Waals surface area contributed by atoms with Crippen LogP contribution in [0.25, 0.3) is 0 Å². The molecule has 3 N–H and O–H groups in total. The number of aromatic nitrogens is 3. The summed E-state index contributed by atoms with van der Waals surface area (Å²) >= 11 is 1.12. The monoisotopic (exact) mass is 269 g/mol. The number of thioether (sulfide) groups is 1. The van der Waals surface area contributed by atoms with E-state index in [1.165, 1.54) is 0 Å². The molecule has 8 nitrogen and oxygen atoms in total.